The Morgan fingerprint density at radius 3 is 2.84 bits per heavy atom. The molecule has 0 saturated carbocycles. The van der Waals surface area contributed by atoms with E-state index in [0.29, 0.717) is 6.04 Å². The average molecular weight is 322 g/mol. The van der Waals surface area contributed by atoms with Crippen molar-refractivity contribution >= 4 is 15.9 Å². The second kappa shape index (κ2) is 6.35. The molecule has 2 aromatic rings. The van der Waals surface area contributed by atoms with Crippen LogP contribution in [-0.4, -0.2) is 9.78 Å². The fraction of sp³-hybridized carbons (Fsp3) is 0.400. The summed E-state index contributed by atoms with van der Waals surface area (Å²) in [6.45, 7) is 4.34. The normalized spacial score (nSPS) is 14.3. The molecular formula is C15H20BrN3. The molecule has 102 valence electrons. The molecule has 0 aliphatic heterocycles. The van der Waals surface area contributed by atoms with Gasteiger partial charge in [-0.05, 0) is 37.1 Å². The first kappa shape index (κ1) is 14.3. The van der Waals surface area contributed by atoms with Gasteiger partial charge in [0.05, 0.1) is 5.69 Å². The molecule has 1 heterocycles. The minimum Gasteiger partial charge on any atom is -0.324 e. The molecule has 2 rings (SSSR count). The Morgan fingerprint density at radius 2 is 2.16 bits per heavy atom. The first-order valence-electron chi connectivity index (χ1n) is 6.65. The predicted octanol–water partition coefficient (Wildman–Crippen LogP) is 3.86. The van der Waals surface area contributed by atoms with Gasteiger partial charge in [0, 0.05) is 29.2 Å². The fourth-order valence-corrected chi connectivity index (χ4v) is 2.42. The van der Waals surface area contributed by atoms with Crippen LogP contribution in [0.5, 0.6) is 0 Å². The van der Waals surface area contributed by atoms with Crippen LogP contribution in [0.3, 0.4) is 0 Å². The Labute approximate surface area is 122 Å². The molecule has 0 amide bonds. The lowest BCUT2D eigenvalue weighted by Gasteiger charge is -2.11. The summed E-state index contributed by atoms with van der Waals surface area (Å²) >= 11 is 3.47. The summed E-state index contributed by atoms with van der Waals surface area (Å²) in [4.78, 5) is 0. The largest absolute Gasteiger partial charge is 0.324 e. The molecule has 0 aliphatic carbocycles. The van der Waals surface area contributed by atoms with Gasteiger partial charge in [0.2, 0.25) is 0 Å². The van der Waals surface area contributed by atoms with Crippen molar-refractivity contribution in [2.45, 2.75) is 38.8 Å². The van der Waals surface area contributed by atoms with E-state index in [2.05, 4.69) is 53.1 Å². The van der Waals surface area contributed by atoms with Crippen molar-refractivity contribution in [2.75, 3.05) is 0 Å². The molecule has 2 N–H and O–H groups in total. The Balaban J connectivity index is 2.06. The number of benzene rings is 1. The van der Waals surface area contributed by atoms with Crippen molar-refractivity contribution < 1.29 is 0 Å². The topological polar surface area (TPSA) is 43.8 Å². The zero-order chi connectivity index (χ0) is 13.8. The standard InChI is InChI=1S/C15H20BrN3/c1-3-11(2)19-8-7-14(18-19)10-15(17)12-5-4-6-13(16)9-12/h4-9,11,15H,3,10,17H2,1-2H3. The van der Waals surface area contributed by atoms with Crippen LogP contribution in [-0.2, 0) is 6.42 Å². The van der Waals surface area contributed by atoms with E-state index in [-0.39, 0.29) is 6.04 Å². The Bertz CT molecular complexity index is 536. The van der Waals surface area contributed by atoms with Gasteiger partial charge in [0.1, 0.15) is 0 Å². The fourth-order valence-electron chi connectivity index (χ4n) is 2.00. The van der Waals surface area contributed by atoms with Crippen molar-refractivity contribution in [1.29, 1.82) is 0 Å². The summed E-state index contributed by atoms with van der Waals surface area (Å²) in [5.41, 5.74) is 8.42. The smallest absolute Gasteiger partial charge is 0.0643 e. The van der Waals surface area contributed by atoms with Crippen molar-refractivity contribution in [2.24, 2.45) is 5.73 Å². The van der Waals surface area contributed by atoms with Gasteiger partial charge in [-0.15, -0.1) is 0 Å². The predicted molar refractivity (Wildman–Crippen MR) is 82.0 cm³/mol. The molecule has 2 unspecified atom stereocenters. The monoisotopic (exact) mass is 321 g/mol. The van der Waals surface area contributed by atoms with Gasteiger partial charge in [-0.2, -0.15) is 5.10 Å². The van der Waals surface area contributed by atoms with Crippen LogP contribution < -0.4 is 5.73 Å². The highest BCUT2D eigenvalue weighted by atomic mass is 79.9. The number of hydrogen-bond acceptors (Lipinski definition) is 2. The highest BCUT2D eigenvalue weighted by Gasteiger charge is 2.11. The Hall–Kier alpha value is -1.13. The average Bonchev–Trinajstić information content (AvgIpc) is 2.86. The summed E-state index contributed by atoms with van der Waals surface area (Å²) < 4.78 is 3.08. The molecule has 19 heavy (non-hydrogen) atoms. The lowest BCUT2D eigenvalue weighted by molar-refractivity contribution is 0.472. The Morgan fingerprint density at radius 1 is 1.37 bits per heavy atom. The van der Waals surface area contributed by atoms with E-state index < -0.39 is 0 Å². The van der Waals surface area contributed by atoms with Crippen LogP contribution in [0, 0.1) is 0 Å². The zero-order valence-corrected chi connectivity index (χ0v) is 13.0. The highest BCUT2D eigenvalue weighted by molar-refractivity contribution is 9.10. The van der Waals surface area contributed by atoms with Gasteiger partial charge >= 0.3 is 0 Å². The lowest BCUT2D eigenvalue weighted by atomic mass is 10.0. The maximum Gasteiger partial charge on any atom is 0.0643 e. The summed E-state index contributed by atoms with van der Waals surface area (Å²) in [5, 5.41) is 4.59. The number of halogens is 1. The molecule has 2 atom stereocenters. The molecule has 0 spiro atoms. The highest BCUT2D eigenvalue weighted by Crippen LogP contribution is 2.20. The van der Waals surface area contributed by atoms with E-state index in [1.165, 1.54) is 0 Å². The van der Waals surface area contributed by atoms with Crippen LogP contribution in [0.15, 0.2) is 41.0 Å². The minimum absolute atomic E-state index is 0.0159. The third-order valence-electron chi connectivity index (χ3n) is 3.41. The number of nitrogens with zero attached hydrogens (tertiary/aromatic N) is 2. The van der Waals surface area contributed by atoms with Gasteiger partial charge in [0.15, 0.2) is 0 Å². The second-order valence-corrected chi connectivity index (χ2v) is 5.83. The molecule has 0 radical (unpaired) electrons. The number of nitrogens with two attached hydrogens (primary N) is 1. The summed E-state index contributed by atoms with van der Waals surface area (Å²) in [5.74, 6) is 0. The third-order valence-corrected chi connectivity index (χ3v) is 3.91. The number of hydrogen-bond donors (Lipinski definition) is 1. The quantitative estimate of drug-likeness (QED) is 0.908. The van der Waals surface area contributed by atoms with E-state index in [9.17, 15) is 0 Å². The molecule has 3 nitrogen and oxygen atoms in total. The van der Waals surface area contributed by atoms with E-state index in [1.807, 2.05) is 23.0 Å². The van der Waals surface area contributed by atoms with Gasteiger partial charge in [-0.25, -0.2) is 0 Å². The lowest BCUT2D eigenvalue weighted by Crippen LogP contribution is -2.14. The van der Waals surface area contributed by atoms with Crippen LogP contribution in [0.1, 0.15) is 43.6 Å². The van der Waals surface area contributed by atoms with E-state index in [1.54, 1.807) is 0 Å². The van der Waals surface area contributed by atoms with Crippen LogP contribution >= 0.6 is 15.9 Å². The maximum atomic E-state index is 6.24. The van der Waals surface area contributed by atoms with Crippen molar-refractivity contribution in [3.63, 3.8) is 0 Å². The van der Waals surface area contributed by atoms with E-state index in [0.717, 1.165) is 28.6 Å². The third kappa shape index (κ3) is 3.67. The van der Waals surface area contributed by atoms with Crippen LogP contribution in [0.4, 0.5) is 0 Å². The van der Waals surface area contributed by atoms with E-state index in [4.69, 9.17) is 5.73 Å². The molecule has 0 bridgehead atoms. The maximum absolute atomic E-state index is 6.24. The first-order chi connectivity index (χ1) is 9.10. The van der Waals surface area contributed by atoms with Crippen molar-refractivity contribution in [1.82, 2.24) is 9.78 Å². The summed E-state index contributed by atoms with van der Waals surface area (Å²) in [7, 11) is 0. The zero-order valence-electron chi connectivity index (χ0n) is 11.4. The molecule has 1 aromatic heterocycles. The minimum atomic E-state index is -0.0159. The number of aromatic nitrogens is 2. The second-order valence-electron chi connectivity index (χ2n) is 4.91. The molecule has 0 aliphatic rings. The van der Waals surface area contributed by atoms with Gasteiger partial charge in [0.25, 0.3) is 0 Å². The van der Waals surface area contributed by atoms with Crippen molar-refractivity contribution in [3.8, 4) is 0 Å². The molecule has 0 fully saturated rings. The Kier molecular flexibility index (Phi) is 4.77. The molecular weight excluding hydrogens is 302 g/mol. The summed E-state index contributed by atoms with van der Waals surface area (Å²) in [6, 6.07) is 10.6. The molecule has 4 heteroatoms. The number of rotatable bonds is 5. The first-order valence-corrected chi connectivity index (χ1v) is 7.44. The van der Waals surface area contributed by atoms with Gasteiger partial charge < -0.3 is 5.73 Å². The van der Waals surface area contributed by atoms with Crippen LogP contribution in [0.25, 0.3) is 0 Å². The SMILES string of the molecule is CCC(C)n1ccc(CC(N)c2cccc(Br)c2)n1. The van der Waals surface area contributed by atoms with E-state index >= 15 is 0 Å². The molecule has 0 saturated heterocycles. The van der Waals surface area contributed by atoms with Gasteiger partial charge in [-0.3, -0.25) is 4.68 Å². The molecule has 1 aromatic carbocycles. The van der Waals surface area contributed by atoms with Crippen LogP contribution in [0.2, 0.25) is 0 Å². The summed E-state index contributed by atoms with van der Waals surface area (Å²) in [6.07, 6.45) is 3.88. The van der Waals surface area contributed by atoms with Crippen molar-refractivity contribution in [3.05, 3.63) is 52.3 Å². The van der Waals surface area contributed by atoms with Gasteiger partial charge in [-0.1, -0.05) is 35.0 Å².